The molecule has 0 spiro atoms. The normalized spacial score (nSPS) is 12.3. The lowest BCUT2D eigenvalue weighted by Gasteiger charge is -2.22. The second-order valence-corrected chi connectivity index (χ2v) is 7.14. The van der Waals surface area contributed by atoms with Gasteiger partial charge < -0.3 is 10.2 Å². The molecule has 0 aliphatic heterocycles. The van der Waals surface area contributed by atoms with Crippen LogP contribution in [0.1, 0.15) is 21.6 Å². The zero-order valence-electron chi connectivity index (χ0n) is 16.9. The van der Waals surface area contributed by atoms with Gasteiger partial charge in [0.25, 0.3) is 5.91 Å². The Morgan fingerprint density at radius 1 is 1.03 bits per heavy atom. The second kappa shape index (κ2) is 9.03. The summed E-state index contributed by atoms with van der Waals surface area (Å²) >= 11 is 0. The van der Waals surface area contributed by atoms with Crippen LogP contribution >= 0.6 is 0 Å². The molecule has 0 bridgehead atoms. The van der Waals surface area contributed by atoms with Gasteiger partial charge in [0.2, 0.25) is 5.91 Å². The fraction of sp³-hybridized carbons (Fsp3) is 0.227. The number of likely N-dealkylation sites (N-methyl/N-ethyl adjacent to an activating group) is 1. The van der Waals surface area contributed by atoms with E-state index in [2.05, 4.69) is 10.4 Å². The van der Waals surface area contributed by atoms with E-state index in [1.54, 1.807) is 14.1 Å². The Kier molecular flexibility index (Phi) is 6.43. The minimum absolute atomic E-state index is 0.245. The summed E-state index contributed by atoms with van der Waals surface area (Å²) in [5.41, 5.74) is 0.548. The molecule has 0 aliphatic carbocycles. The maximum absolute atomic E-state index is 12.7. The van der Waals surface area contributed by atoms with Gasteiger partial charge in [0.1, 0.15) is 6.04 Å². The summed E-state index contributed by atoms with van der Waals surface area (Å²) in [7, 11) is 3.22. The van der Waals surface area contributed by atoms with Crippen molar-refractivity contribution in [3.8, 4) is 5.69 Å². The molecule has 1 atom stereocenters. The topological polar surface area (TPSA) is 67.2 Å². The first kappa shape index (κ1) is 22.1. The average molecular weight is 430 g/mol. The predicted octanol–water partition coefficient (Wildman–Crippen LogP) is 3.32. The maximum Gasteiger partial charge on any atom is 0.435 e. The van der Waals surface area contributed by atoms with Crippen LogP contribution < -0.4 is 5.32 Å². The van der Waals surface area contributed by atoms with E-state index in [0.29, 0.717) is 12.1 Å². The minimum atomic E-state index is -4.53. The van der Waals surface area contributed by atoms with Gasteiger partial charge in [-0.3, -0.25) is 9.59 Å². The number of benzene rings is 2. The summed E-state index contributed by atoms with van der Waals surface area (Å²) in [5, 5.41) is 6.25. The molecule has 3 rings (SSSR count). The van der Waals surface area contributed by atoms with Gasteiger partial charge in [-0.2, -0.15) is 18.3 Å². The van der Waals surface area contributed by atoms with Gasteiger partial charge in [0.05, 0.1) is 5.69 Å². The van der Waals surface area contributed by atoms with E-state index in [4.69, 9.17) is 0 Å². The number of amides is 2. The highest BCUT2D eigenvalue weighted by molar-refractivity contribution is 5.97. The largest absolute Gasteiger partial charge is 0.435 e. The molecular weight excluding hydrogens is 409 g/mol. The summed E-state index contributed by atoms with van der Waals surface area (Å²) in [6.45, 7) is 0. The van der Waals surface area contributed by atoms with Crippen molar-refractivity contribution in [3.63, 3.8) is 0 Å². The molecule has 0 saturated heterocycles. The lowest BCUT2D eigenvalue weighted by molar-refractivity contribution is -0.141. The van der Waals surface area contributed by atoms with Crippen LogP contribution in [0.5, 0.6) is 0 Å². The van der Waals surface area contributed by atoms with Crippen LogP contribution in [0, 0.1) is 0 Å². The van der Waals surface area contributed by atoms with Crippen molar-refractivity contribution in [2.45, 2.75) is 18.6 Å². The Morgan fingerprint density at radius 2 is 1.68 bits per heavy atom. The fourth-order valence-corrected chi connectivity index (χ4v) is 2.99. The monoisotopic (exact) mass is 430 g/mol. The van der Waals surface area contributed by atoms with E-state index < -0.39 is 23.8 Å². The van der Waals surface area contributed by atoms with Crippen LogP contribution in [-0.2, 0) is 17.4 Å². The van der Waals surface area contributed by atoms with Gasteiger partial charge in [-0.1, -0.05) is 30.3 Å². The molecule has 1 N–H and O–H groups in total. The van der Waals surface area contributed by atoms with Crippen LogP contribution in [0.25, 0.3) is 5.69 Å². The van der Waals surface area contributed by atoms with E-state index >= 15 is 0 Å². The molecule has 2 aromatic carbocycles. The summed E-state index contributed by atoms with van der Waals surface area (Å²) in [4.78, 5) is 26.7. The van der Waals surface area contributed by atoms with Crippen LogP contribution in [-0.4, -0.2) is 46.6 Å². The van der Waals surface area contributed by atoms with Crippen molar-refractivity contribution in [2.75, 3.05) is 14.1 Å². The molecule has 9 heteroatoms. The first-order valence-corrected chi connectivity index (χ1v) is 9.44. The summed E-state index contributed by atoms with van der Waals surface area (Å²) < 4.78 is 39.3. The molecule has 0 aliphatic rings. The van der Waals surface area contributed by atoms with Gasteiger partial charge in [-0.25, -0.2) is 4.68 Å². The predicted molar refractivity (Wildman–Crippen MR) is 109 cm³/mol. The SMILES string of the molecule is CN(C)C(=O)C(Cc1ccccc1)NC(=O)c1ccc(-n2ccc(C(F)(F)F)n2)cc1. The molecule has 2 amide bonds. The van der Waals surface area contributed by atoms with Crippen molar-refractivity contribution in [1.82, 2.24) is 20.0 Å². The first-order valence-electron chi connectivity index (χ1n) is 9.44. The Bertz CT molecular complexity index is 1040. The molecule has 1 unspecified atom stereocenters. The first-order chi connectivity index (χ1) is 14.6. The second-order valence-electron chi connectivity index (χ2n) is 7.14. The van der Waals surface area contributed by atoms with Crippen molar-refractivity contribution in [2.24, 2.45) is 0 Å². The summed E-state index contributed by atoms with van der Waals surface area (Å²) in [6, 6.07) is 15.4. The third-order valence-corrected chi connectivity index (χ3v) is 4.60. The van der Waals surface area contributed by atoms with E-state index in [9.17, 15) is 22.8 Å². The van der Waals surface area contributed by atoms with Gasteiger partial charge in [-0.05, 0) is 35.9 Å². The molecule has 3 aromatic rings. The van der Waals surface area contributed by atoms with Crippen molar-refractivity contribution in [1.29, 1.82) is 0 Å². The molecular formula is C22H21F3N4O2. The number of nitrogens with one attached hydrogen (secondary N) is 1. The van der Waals surface area contributed by atoms with Crippen LogP contribution in [0.4, 0.5) is 13.2 Å². The summed E-state index contributed by atoms with van der Waals surface area (Å²) in [6.07, 6.45) is -3.00. The van der Waals surface area contributed by atoms with Gasteiger partial charge >= 0.3 is 6.18 Å². The molecule has 0 radical (unpaired) electrons. The zero-order chi connectivity index (χ0) is 22.6. The number of hydrogen-bond acceptors (Lipinski definition) is 3. The summed E-state index contributed by atoms with van der Waals surface area (Å²) in [5.74, 6) is -0.704. The number of rotatable bonds is 6. The smallest absolute Gasteiger partial charge is 0.347 e. The van der Waals surface area contributed by atoms with Crippen LogP contribution in [0.15, 0.2) is 66.9 Å². The van der Waals surface area contributed by atoms with Gasteiger partial charge in [0, 0.05) is 32.3 Å². The third kappa shape index (κ3) is 5.50. The van der Waals surface area contributed by atoms with Gasteiger partial charge in [0.15, 0.2) is 5.69 Å². The number of aromatic nitrogens is 2. The standard InChI is InChI=1S/C22H21F3N4O2/c1-28(2)21(31)18(14-15-6-4-3-5-7-15)26-20(30)16-8-10-17(11-9-16)29-13-12-19(27-29)22(23,24)25/h3-13,18H,14H2,1-2H3,(H,26,30). The number of carbonyl (C=O) groups is 2. The number of nitrogens with zero attached hydrogens (tertiary/aromatic N) is 3. The molecule has 31 heavy (non-hydrogen) atoms. The number of hydrogen-bond donors (Lipinski definition) is 1. The molecule has 1 aromatic heterocycles. The molecule has 6 nitrogen and oxygen atoms in total. The molecule has 0 fully saturated rings. The van der Waals surface area contributed by atoms with Gasteiger partial charge in [-0.15, -0.1) is 0 Å². The number of halogens is 3. The van der Waals surface area contributed by atoms with Crippen molar-refractivity contribution < 1.29 is 22.8 Å². The maximum atomic E-state index is 12.7. The molecule has 1 heterocycles. The van der Waals surface area contributed by atoms with Crippen molar-refractivity contribution >= 4 is 11.8 Å². The highest BCUT2D eigenvalue weighted by atomic mass is 19.4. The molecule has 162 valence electrons. The third-order valence-electron chi connectivity index (χ3n) is 4.60. The highest BCUT2D eigenvalue weighted by Gasteiger charge is 2.33. The Morgan fingerprint density at radius 3 is 2.23 bits per heavy atom. The number of carbonyl (C=O) groups excluding carboxylic acids is 2. The van der Waals surface area contributed by atoms with Crippen LogP contribution in [0.3, 0.4) is 0 Å². The highest BCUT2D eigenvalue weighted by Crippen LogP contribution is 2.27. The minimum Gasteiger partial charge on any atom is -0.347 e. The van der Waals surface area contributed by atoms with Crippen LogP contribution in [0.2, 0.25) is 0 Å². The van der Waals surface area contributed by atoms with E-state index in [0.717, 1.165) is 16.3 Å². The van der Waals surface area contributed by atoms with E-state index in [1.807, 2.05) is 30.3 Å². The van der Waals surface area contributed by atoms with Crippen molar-refractivity contribution in [3.05, 3.63) is 83.7 Å². The van der Waals surface area contributed by atoms with E-state index in [-0.39, 0.29) is 11.5 Å². The average Bonchev–Trinajstić information content (AvgIpc) is 3.24. The Labute approximate surface area is 177 Å². The molecule has 0 saturated carbocycles. The fourth-order valence-electron chi connectivity index (χ4n) is 2.99. The lowest BCUT2D eigenvalue weighted by atomic mass is 10.0. The Balaban J connectivity index is 1.74. The quantitative estimate of drug-likeness (QED) is 0.653. The zero-order valence-corrected chi connectivity index (χ0v) is 16.9. The number of alkyl halides is 3. The van der Waals surface area contributed by atoms with E-state index in [1.165, 1.54) is 35.4 Å². The Hall–Kier alpha value is -3.62. The lowest BCUT2D eigenvalue weighted by Crippen LogP contribution is -2.47.